The first kappa shape index (κ1) is 12.7. The molecule has 20 heavy (non-hydrogen) atoms. The minimum absolute atomic E-state index is 0.153. The molecule has 0 atom stereocenters. The van der Waals surface area contributed by atoms with Crippen molar-refractivity contribution in [2.24, 2.45) is 0 Å². The molecule has 0 bridgehead atoms. The van der Waals surface area contributed by atoms with E-state index in [0.29, 0.717) is 28.8 Å². The Morgan fingerprint density at radius 1 is 1.35 bits per heavy atom. The molecule has 104 valence electrons. The molecule has 1 aliphatic rings. The number of hydrogen-bond donors (Lipinski definition) is 2. The molecule has 0 saturated heterocycles. The highest BCUT2D eigenvalue weighted by atomic mass is 16.7. The van der Waals surface area contributed by atoms with E-state index < -0.39 is 5.97 Å². The van der Waals surface area contributed by atoms with E-state index in [-0.39, 0.29) is 12.4 Å². The van der Waals surface area contributed by atoms with E-state index in [1.54, 1.807) is 18.2 Å². The van der Waals surface area contributed by atoms with Crippen molar-refractivity contribution in [2.45, 2.75) is 6.42 Å². The Kier molecular flexibility index (Phi) is 3.15. The highest BCUT2D eigenvalue weighted by molar-refractivity contribution is 6.03. The van der Waals surface area contributed by atoms with Crippen molar-refractivity contribution >= 4 is 16.9 Å². The van der Waals surface area contributed by atoms with Crippen molar-refractivity contribution in [2.75, 3.05) is 20.4 Å². The Hall–Kier alpha value is -2.34. The Morgan fingerprint density at radius 2 is 2.10 bits per heavy atom. The Labute approximate surface area is 115 Å². The number of nitrogens with one attached hydrogen (secondary N) is 1. The summed E-state index contributed by atoms with van der Waals surface area (Å²) in [6.45, 7) is 0.892. The maximum Gasteiger partial charge on any atom is 0.336 e. The molecular formula is C14H14N2O4. The Balaban J connectivity index is 2.17. The second-order valence-electron chi connectivity index (χ2n) is 4.54. The van der Waals surface area contributed by atoms with Crippen LogP contribution in [0.3, 0.4) is 0 Å². The second-order valence-corrected chi connectivity index (χ2v) is 4.54. The SMILES string of the molecule is CNCCc1cc(C(=O)O)c2cc3c(cc2n1)OCO3. The van der Waals surface area contributed by atoms with Gasteiger partial charge in [-0.1, -0.05) is 0 Å². The van der Waals surface area contributed by atoms with E-state index in [4.69, 9.17) is 9.47 Å². The van der Waals surface area contributed by atoms with Crippen LogP contribution < -0.4 is 14.8 Å². The molecule has 3 rings (SSSR count). The van der Waals surface area contributed by atoms with Gasteiger partial charge in [0, 0.05) is 30.1 Å². The summed E-state index contributed by atoms with van der Waals surface area (Å²) in [5, 5.41) is 13.0. The zero-order valence-electron chi connectivity index (χ0n) is 11.0. The number of carboxylic acid groups (broad SMARTS) is 1. The molecule has 2 heterocycles. The van der Waals surface area contributed by atoms with Gasteiger partial charge in [-0.15, -0.1) is 0 Å². The quantitative estimate of drug-likeness (QED) is 0.877. The largest absolute Gasteiger partial charge is 0.478 e. The molecule has 0 fully saturated rings. The number of aromatic nitrogens is 1. The molecule has 0 aliphatic carbocycles. The van der Waals surface area contributed by atoms with Crippen molar-refractivity contribution in [1.82, 2.24) is 10.3 Å². The summed E-state index contributed by atoms with van der Waals surface area (Å²) in [5.74, 6) is 0.193. The molecule has 2 aromatic rings. The van der Waals surface area contributed by atoms with E-state index in [1.807, 2.05) is 7.05 Å². The number of pyridine rings is 1. The van der Waals surface area contributed by atoms with E-state index in [9.17, 15) is 9.90 Å². The van der Waals surface area contributed by atoms with Crippen LogP contribution in [0.5, 0.6) is 11.5 Å². The molecule has 2 N–H and O–H groups in total. The molecule has 0 saturated carbocycles. The molecular weight excluding hydrogens is 260 g/mol. The van der Waals surface area contributed by atoms with E-state index >= 15 is 0 Å². The normalized spacial score (nSPS) is 12.8. The first-order valence-corrected chi connectivity index (χ1v) is 6.30. The monoisotopic (exact) mass is 274 g/mol. The van der Waals surface area contributed by atoms with Gasteiger partial charge in [-0.05, 0) is 19.2 Å². The number of benzene rings is 1. The highest BCUT2D eigenvalue weighted by Gasteiger charge is 2.19. The minimum atomic E-state index is -0.970. The standard InChI is InChI=1S/C14H14N2O4/c1-15-3-2-8-4-10(14(17)18)9-5-12-13(20-7-19-12)6-11(9)16-8/h4-6,15H,2-3,7H2,1H3,(H,17,18). The smallest absolute Gasteiger partial charge is 0.336 e. The summed E-state index contributed by atoms with van der Waals surface area (Å²) in [6.07, 6.45) is 0.668. The molecule has 0 radical (unpaired) electrons. The summed E-state index contributed by atoms with van der Waals surface area (Å²) in [6, 6.07) is 5.02. The summed E-state index contributed by atoms with van der Waals surface area (Å²) in [4.78, 5) is 15.9. The van der Waals surface area contributed by atoms with Gasteiger partial charge < -0.3 is 19.9 Å². The van der Waals surface area contributed by atoms with Gasteiger partial charge in [0.15, 0.2) is 11.5 Å². The molecule has 0 spiro atoms. The fourth-order valence-electron chi connectivity index (χ4n) is 2.23. The van der Waals surface area contributed by atoms with E-state index in [2.05, 4.69) is 10.3 Å². The van der Waals surface area contributed by atoms with Gasteiger partial charge in [-0.2, -0.15) is 0 Å². The van der Waals surface area contributed by atoms with Crippen molar-refractivity contribution in [1.29, 1.82) is 0 Å². The summed E-state index contributed by atoms with van der Waals surface area (Å²) in [5.41, 5.74) is 1.59. The molecule has 0 amide bonds. The number of carboxylic acids is 1. The van der Waals surface area contributed by atoms with Crippen molar-refractivity contribution in [3.05, 3.63) is 29.5 Å². The molecule has 6 heteroatoms. The number of aromatic carboxylic acids is 1. The third-order valence-corrected chi connectivity index (χ3v) is 3.22. The van der Waals surface area contributed by atoms with Crippen LogP contribution in [0.1, 0.15) is 16.1 Å². The van der Waals surface area contributed by atoms with Gasteiger partial charge in [0.05, 0.1) is 11.1 Å². The lowest BCUT2D eigenvalue weighted by atomic mass is 10.1. The summed E-state index contributed by atoms with van der Waals surface area (Å²) >= 11 is 0. The lowest BCUT2D eigenvalue weighted by molar-refractivity contribution is 0.0699. The number of ether oxygens (including phenoxy) is 2. The van der Waals surface area contributed by atoms with Gasteiger partial charge in [0.1, 0.15) is 0 Å². The zero-order chi connectivity index (χ0) is 14.1. The number of rotatable bonds is 4. The van der Waals surface area contributed by atoms with Gasteiger partial charge in [0.25, 0.3) is 0 Å². The minimum Gasteiger partial charge on any atom is -0.478 e. The average molecular weight is 274 g/mol. The maximum absolute atomic E-state index is 11.4. The Morgan fingerprint density at radius 3 is 2.80 bits per heavy atom. The van der Waals surface area contributed by atoms with Crippen LogP contribution in [0.15, 0.2) is 18.2 Å². The first-order valence-electron chi connectivity index (χ1n) is 6.30. The van der Waals surface area contributed by atoms with Crippen LogP contribution >= 0.6 is 0 Å². The summed E-state index contributed by atoms with van der Waals surface area (Å²) in [7, 11) is 1.84. The van der Waals surface area contributed by atoms with Gasteiger partial charge in [0.2, 0.25) is 6.79 Å². The number of nitrogens with zero attached hydrogens (tertiary/aromatic N) is 1. The van der Waals surface area contributed by atoms with Crippen LogP contribution in [-0.4, -0.2) is 36.4 Å². The molecule has 6 nitrogen and oxygen atoms in total. The first-order chi connectivity index (χ1) is 9.69. The number of carbonyl (C=O) groups is 1. The number of likely N-dealkylation sites (N-methyl/N-ethyl adjacent to an activating group) is 1. The van der Waals surface area contributed by atoms with Crippen molar-refractivity contribution in [3.63, 3.8) is 0 Å². The van der Waals surface area contributed by atoms with Crippen LogP contribution in [0, 0.1) is 0 Å². The van der Waals surface area contributed by atoms with Crippen molar-refractivity contribution in [3.8, 4) is 11.5 Å². The third-order valence-electron chi connectivity index (χ3n) is 3.22. The number of fused-ring (bicyclic) bond motifs is 2. The molecule has 1 aliphatic heterocycles. The van der Waals surface area contributed by atoms with Crippen molar-refractivity contribution < 1.29 is 19.4 Å². The van der Waals surface area contributed by atoms with E-state index in [0.717, 1.165) is 12.2 Å². The van der Waals surface area contributed by atoms with Crippen LogP contribution in [0.4, 0.5) is 0 Å². The molecule has 1 aromatic carbocycles. The molecule has 1 aromatic heterocycles. The average Bonchev–Trinajstić information content (AvgIpc) is 2.88. The fraction of sp³-hybridized carbons (Fsp3) is 0.286. The van der Waals surface area contributed by atoms with E-state index in [1.165, 1.54) is 0 Å². The predicted octanol–water partition coefficient (Wildman–Crippen LogP) is 1.42. The summed E-state index contributed by atoms with van der Waals surface area (Å²) < 4.78 is 10.6. The second kappa shape index (κ2) is 4.97. The predicted molar refractivity (Wildman–Crippen MR) is 72.5 cm³/mol. The third kappa shape index (κ3) is 2.14. The topological polar surface area (TPSA) is 80.7 Å². The lowest BCUT2D eigenvalue weighted by Crippen LogP contribution is -2.12. The van der Waals surface area contributed by atoms with Gasteiger partial charge in [-0.3, -0.25) is 4.98 Å². The molecule has 0 unspecified atom stereocenters. The fourth-order valence-corrected chi connectivity index (χ4v) is 2.23. The Bertz CT molecular complexity index is 684. The van der Waals surface area contributed by atoms with Crippen LogP contribution in [0.25, 0.3) is 10.9 Å². The lowest BCUT2D eigenvalue weighted by Gasteiger charge is -2.08. The van der Waals surface area contributed by atoms with Crippen LogP contribution in [0.2, 0.25) is 0 Å². The maximum atomic E-state index is 11.4. The van der Waals surface area contributed by atoms with Crippen LogP contribution in [-0.2, 0) is 6.42 Å². The van der Waals surface area contributed by atoms with Gasteiger partial charge >= 0.3 is 5.97 Å². The van der Waals surface area contributed by atoms with Gasteiger partial charge in [-0.25, -0.2) is 4.79 Å². The zero-order valence-corrected chi connectivity index (χ0v) is 11.0. The number of hydrogen-bond acceptors (Lipinski definition) is 5. The highest BCUT2D eigenvalue weighted by Crippen LogP contribution is 2.36.